The van der Waals surface area contributed by atoms with E-state index in [2.05, 4.69) is 31.4 Å². The van der Waals surface area contributed by atoms with Gasteiger partial charge in [0.05, 0.1) is 29.8 Å². The Labute approximate surface area is 202 Å². The van der Waals surface area contributed by atoms with Gasteiger partial charge in [0, 0.05) is 37.2 Å². The molecule has 0 spiro atoms. The van der Waals surface area contributed by atoms with Gasteiger partial charge in [-0.15, -0.1) is 0 Å². The van der Waals surface area contributed by atoms with E-state index < -0.39 is 23.9 Å². The maximum atomic E-state index is 15.4. The summed E-state index contributed by atoms with van der Waals surface area (Å²) >= 11 is 0. The van der Waals surface area contributed by atoms with Crippen LogP contribution in [-0.4, -0.2) is 60.2 Å². The molecule has 5 rings (SSSR count). The van der Waals surface area contributed by atoms with Crippen molar-refractivity contribution in [3.05, 3.63) is 30.9 Å². The fourth-order valence-corrected chi connectivity index (χ4v) is 4.88. The van der Waals surface area contributed by atoms with Gasteiger partial charge in [0.2, 0.25) is 0 Å². The van der Waals surface area contributed by atoms with Crippen molar-refractivity contribution in [3.63, 3.8) is 0 Å². The average Bonchev–Trinajstić information content (AvgIpc) is 3.57. The molecular formula is C23H30FN9O2. The van der Waals surface area contributed by atoms with E-state index in [4.69, 9.17) is 9.72 Å². The second kappa shape index (κ2) is 8.82. The predicted octanol–water partition coefficient (Wildman–Crippen LogP) is 2.86. The van der Waals surface area contributed by atoms with E-state index in [0.717, 1.165) is 11.1 Å². The maximum Gasteiger partial charge on any atom is 0.407 e. The second-order valence-electron chi connectivity index (χ2n) is 9.80. The quantitative estimate of drug-likeness (QED) is 0.510. The fourth-order valence-electron chi connectivity index (χ4n) is 4.88. The molecule has 0 saturated heterocycles. The van der Waals surface area contributed by atoms with Gasteiger partial charge in [0.1, 0.15) is 23.6 Å². The molecule has 3 N–H and O–H groups in total. The molecule has 1 amide bonds. The van der Waals surface area contributed by atoms with Crippen molar-refractivity contribution in [2.75, 3.05) is 5.32 Å². The van der Waals surface area contributed by atoms with Crippen LogP contribution < -0.4 is 16.1 Å². The van der Waals surface area contributed by atoms with E-state index in [1.54, 1.807) is 21.6 Å². The minimum atomic E-state index is -1.28. The third kappa shape index (κ3) is 4.52. The van der Waals surface area contributed by atoms with Crippen LogP contribution in [0.1, 0.15) is 40.0 Å². The molecule has 186 valence electrons. The molecule has 1 aliphatic heterocycles. The van der Waals surface area contributed by atoms with Crippen LogP contribution in [0.5, 0.6) is 0 Å². The number of ether oxygens (including phenoxy) is 1. The van der Waals surface area contributed by atoms with Gasteiger partial charge >= 0.3 is 6.09 Å². The van der Waals surface area contributed by atoms with Crippen LogP contribution in [0.3, 0.4) is 0 Å². The van der Waals surface area contributed by atoms with Gasteiger partial charge in [-0.2, -0.15) is 15.3 Å². The highest BCUT2D eigenvalue weighted by atomic mass is 19.1. The summed E-state index contributed by atoms with van der Waals surface area (Å²) in [6, 6.07) is 1.80. The number of hydrazone groups is 1. The standard InChI is InChI=1S/C23H30FN9O2/c1-13(2)27-22(34)35-18-6-5-15(20(18)24)23(3)9-19(30-31-23)29-21-17-7-8-25-33(17)12-16(28-21)14-10-26-32(4)11-14/h7-8,10-13,15,18,20,31H,5-6,9H2,1-4H3,(H,27,34)(H,28,29,30)/t15-,18+,20+,23?/m1/s1. The molecule has 0 aromatic carbocycles. The molecule has 1 aliphatic carbocycles. The highest BCUT2D eigenvalue weighted by Gasteiger charge is 2.50. The van der Waals surface area contributed by atoms with Crippen LogP contribution in [0, 0.1) is 5.92 Å². The van der Waals surface area contributed by atoms with Gasteiger partial charge in [-0.05, 0) is 39.7 Å². The zero-order chi connectivity index (χ0) is 24.7. The number of hydrogen-bond donors (Lipinski definition) is 3. The smallest absolute Gasteiger partial charge is 0.407 e. The van der Waals surface area contributed by atoms with Crippen molar-refractivity contribution in [1.29, 1.82) is 0 Å². The zero-order valence-electron chi connectivity index (χ0n) is 20.2. The Morgan fingerprint density at radius 3 is 2.89 bits per heavy atom. The normalized spacial score (nSPS) is 26.1. The largest absolute Gasteiger partial charge is 0.443 e. The SMILES string of the molecule is CC(C)NC(=O)O[C@H]1CC[C@@H](C2(C)CC(Nc3nc(-c4cnn(C)c4)cn4nccc34)=NN2)[C@@H]1F. The third-order valence-corrected chi connectivity index (χ3v) is 6.62. The van der Waals surface area contributed by atoms with Crippen molar-refractivity contribution >= 4 is 23.3 Å². The summed E-state index contributed by atoms with van der Waals surface area (Å²) in [5, 5.41) is 19.0. The minimum Gasteiger partial charge on any atom is -0.443 e. The molecule has 0 bridgehead atoms. The molecule has 1 unspecified atom stereocenters. The number of alkyl carbamates (subject to hydrolysis) is 1. The summed E-state index contributed by atoms with van der Waals surface area (Å²) in [7, 11) is 1.85. The number of aryl methyl sites for hydroxylation is 1. The van der Waals surface area contributed by atoms with E-state index >= 15 is 4.39 Å². The van der Waals surface area contributed by atoms with E-state index in [-0.39, 0.29) is 12.0 Å². The molecule has 0 radical (unpaired) electrons. The molecule has 4 atom stereocenters. The Bertz CT molecular complexity index is 1270. The lowest BCUT2D eigenvalue weighted by molar-refractivity contribution is 0.0352. The summed E-state index contributed by atoms with van der Waals surface area (Å²) in [4.78, 5) is 16.7. The van der Waals surface area contributed by atoms with Gasteiger partial charge in [0.15, 0.2) is 5.82 Å². The van der Waals surface area contributed by atoms with E-state index in [1.165, 1.54) is 0 Å². The maximum absolute atomic E-state index is 15.4. The molecule has 3 aromatic heterocycles. The van der Waals surface area contributed by atoms with E-state index in [1.807, 2.05) is 46.3 Å². The Kier molecular flexibility index (Phi) is 5.81. The van der Waals surface area contributed by atoms with Crippen molar-refractivity contribution in [2.45, 2.75) is 63.9 Å². The summed E-state index contributed by atoms with van der Waals surface area (Å²) in [5.41, 5.74) is 4.89. The van der Waals surface area contributed by atoms with Crippen molar-refractivity contribution < 1.29 is 13.9 Å². The van der Waals surface area contributed by atoms with Crippen LogP contribution >= 0.6 is 0 Å². The monoisotopic (exact) mass is 483 g/mol. The van der Waals surface area contributed by atoms with Crippen LogP contribution in [-0.2, 0) is 11.8 Å². The number of alkyl halides is 1. The number of amidine groups is 1. The van der Waals surface area contributed by atoms with Gasteiger partial charge in [0.25, 0.3) is 0 Å². The number of nitrogens with one attached hydrogen (secondary N) is 3. The van der Waals surface area contributed by atoms with Gasteiger partial charge in [-0.25, -0.2) is 18.7 Å². The number of nitrogens with zero attached hydrogens (tertiary/aromatic N) is 6. The number of carbonyl (C=O) groups excluding carboxylic acids is 1. The zero-order valence-corrected chi connectivity index (χ0v) is 20.2. The first-order chi connectivity index (χ1) is 16.7. The number of hydrogen-bond acceptors (Lipinski definition) is 8. The number of aromatic nitrogens is 5. The fraction of sp³-hybridized carbons (Fsp3) is 0.522. The number of anilines is 1. The summed E-state index contributed by atoms with van der Waals surface area (Å²) in [5.74, 6) is 0.899. The molecule has 3 aromatic rings. The first kappa shape index (κ1) is 23.1. The molecule has 1 saturated carbocycles. The van der Waals surface area contributed by atoms with Crippen molar-refractivity contribution in [1.82, 2.24) is 35.1 Å². The number of fused-ring (bicyclic) bond motifs is 1. The first-order valence-corrected chi connectivity index (χ1v) is 11.8. The molecule has 4 heterocycles. The highest BCUT2D eigenvalue weighted by molar-refractivity contribution is 5.99. The predicted molar refractivity (Wildman–Crippen MR) is 129 cm³/mol. The lowest BCUT2D eigenvalue weighted by Gasteiger charge is -2.32. The molecule has 1 fully saturated rings. The minimum absolute atomic E-state index is 0.0682. The molecule has 12 heteroatoms. The molecule has 35 heavy (non-hydrogen) atoms. The summed E-state index contributed by atoms with van der Waals surface area (Å²) in [6.45, 7) is 5.62. The summed E-state index contributed by atoms with van der Waals surface area (Å²) in [6.07, 6.45) is 6.09. The van der Waals surface area contributed by atoms with E-state index in [0.29, 0.717) is 36.6 Å². The number of carbonyl (C=O) groups is 1. The summed E-state index contributed by atoms with van der Waals surface area (Å²) < 4.78 is 24.2. The Morgan fingerprint density at radius 1 is 1.31 bits per heavy atom. The van der Waals surface area contributed by atoms with Gasteiger partial charge in [-0.3, -0.25) is 4.68 Å². The Hall–Kier alpha value is -3.70. The number of amides is 1. The molecule has 11 nitrogen and oxygen atoms in total. The van der Waals surface area contributed by atoms with Crippen LogP contribution in [0.2, 0.25) is 0 Å². The van der Waals surface area contributed by atoms with Crippen LogP contribution in [0.25, 0.3) is 16.8 Å². The molecule has 2 aliphatic rings. The Morgan fingerprint density at radius 2 is 2.14 bits per heavy atom. The lowest BCUT2D eigenvalue weighted by Crippen LogP contribution is -2.48. The third-order valence-electron chi connectivity index (χ3n) is 6.62. The lowest BCUT2D eigenvalue weighted by atomic mass is 9.81. The van der Waals surface area contributed by atoms with Crippen molar-refractivity contribution in [2.24, 2.45) is 18.1 Å². The van der Waals surface area contributed by atoms with Gasteiger partial charge in [-0.1, -0.05) is 0 Å². The average molecular weight is 484 g/mol. The Balaban J connectivity index is 1.29. The van der Waals surface area contributed by atoms with E-state index in [9.17, 15) is 4.79 Å². The first-order valence-electron chi connectivity index (χ1n) is 11.8. The van der Waals surface area contributed by atoms with Crippen molar-refractivity contribution in [3.8, 4) is 11.3 Å². The number of halogens is 1. The molecular weight excluding hydrogens is 453 g/mol. The van der Waals surface area contributed by atoms with Crippen LogP contribution in [0.4, 0.5) is 15.0 Å². The topological polar surface area (TPSA) is 123 Å². The highest BCUT2D eigenvalue weighted by Crippen LogP contribution is 2.41. The van der Waals surface area contributed by atoms with Crippen LogP contribution in [0.15, 0.2) is 36.0 Å². The second-order valence-corrected chi connectivity index (χ2v) is 9.80. The number of rotatable bonds is 5. The van der Waals surface area contributed by atoms with Gasteiger partial charge < -0.3 is 20.8 Å².